The van der Waals surface area contributed by atoms with Gasteiger partial charge in [-0.2, -0.15) is 0 Å². The van der Waals surface area contributed by atoms with Crippen LogP contribution in [0.2, 0.25) is 0 Å². The molecule has 0 spiro atoms. The molecule has 1 atom stereocenters. The third-order valence-corrected chi connectivity index (χ3v) is 7.38. The SMILES string of the molecule is C=CC(=O)N1CCC[C@H](Nc2nc(-c3ncc(C)s3)cc(CN3CCN(C(C)=O)CC3)c2N)C1. The Kier molecular flexibility index (Phi) is 7.47. The van der Waals surface area contributed by atoms with Crippen LogP contribution in [0.3, 0.4) is 0 Å². The van der Waals surface area contributed by atoms with Crippen LogP contribution in [-0.4, -0.2) is 81.8 Å². The molecule has 3 N–H and O–H groups in total. The van der Waals surface area contributed by atoms with Gasteiger partial charge in [0.25, 0.3) is 0 Å². The van der Waals surface area contributed by atoms with Crippen LogP contribution in [0.25, 0.3) is 10.7 Å². The predicted molar refractivity (Wildman–Crippen MR) is 135 cm³/mol. The Bertz CT molecular complexity index is 1060. The molecule has 2 aromatic rings. The average molecular weight is 484 g/mol. The number of piperazine rings is 1. The molecular formula is C24H33N7O2S. The van der Waals surface area contributed by atoms with Crippen LogP contribution >= 0.6 is 11.3 Å². The minimum atomic E-state index is -0.0511. The third kappa shape index (κ3) is 5.56. The molecule has 0 radical (unpaired) electrons. The number of nitrogens with one attached hydrogen (secondary N) is 1. The second kappa shape index (κ2) is 10.5. The number of rotatable bonds is 6. The molecule has 10 heteroatoms. The minimum Gasteiger partial charge on any atom is -0.395 e. The average Bonchev–Trinajstić information content (AvgIpc) is 3.27. The van der Waals surface area contributed by atoms with E-state index >= 15 is 0 Å². The van der Waals surface area contributed by atoms with Gasteiger partial charge >= 0.3 is 0 Å². The molecule has 2 fully saturated rings. The molecule has 2 amide bonds. The summed E-state index contributed by atoms with van der Waals surface area (Å²) in [5.41, 5.74) is 9.05. The van der Waals surface area contributed by atoms with Gasteiger partial charge in [0.05, 0.1) is 5.69 Å². The van der Waals surface area contributed by atoms with Crippen LogP contribution in [0.5, 0.6) is 0 Å². The van der Waals surface area contributed by atoms with Crippen LogP contribution in [0.1, 0.15) is 30.2 Å². The normalized spacial score (nSPS) is 19.2. The number of pyridine rings is 1. The van der Waals surface area contributed by atoms with E-state index in [4.69, 9.17) is 10.7 Å². The number of likely N-dealkylation sites (tertiary alicyclic amines) is 1. The number of nitrogen functional groups attached to an aromatic ring is 1. The first-order valence-electron chi connectivity index (χ1n) is 11.7. The Labute approximate surface area is 204 Å². The van der Waals surface area contributed by atoms with Crippen molar-refractivity contribution >= 4 is 34.7 Å². The summed E-state index contributed by atoms with van der Waals surface area (Å²) in [6.07, 6.45) is 5.07. The largest absolute Gasteiger partial charge is 0.395 e. The summed E-state index contributed by atoms with van der Waals surface area (Å²) in [6, 6.07) is 2.09. The Hall–Kier alpha value is -2.98. The van der Waals surface area contributed by atoms with Crippen molar-refractivity contribution < 1.29 is 9.59 Å². The predicted octanol–water partition coefficient (Wildman–Crippen LogP) is 2.35. The van der Waals surface area contributed by atoms with Crippen molar-refractivity contribution in [1.82, 2.24) is 24.7 Å². The first-order chi connectivity index (χ1) is 16.3. The standard InChI is InChI=1S/C24H33N7O2S/c1-4-21(33)31-7-5-6-19(15-31)27-23-22(25)18(12-20(28-23)24-26-13-16(2)34-24)14-29-8-10-30(11-9-29)17(3)32/h4,12-13,19H,1,5-11,14-15,25H2,2-3H3,(H,27,28)/t19-/m0/s1. The highest BCUT2D eigenvalue weighted by molar-refractivity contribution is 7.14. The van der Waals surface area contributed by atoms with Gasteiger partial charge in [-0.1, -0.05) is 6.58 Å². The van der Waals surface area contributed by atoms with Gasteiger partial charge in [-0.25, -0.2) is 9.97 Å². The van der Waals surface area contributed by atoms with Gasteiger partial charge in [0.2, 0.25) is 11.8 Å². The summed E-state index contributed by atoms with van der Waals surface area (Å²) in [5.74, 6) is 0.706. The van der Waals surface area contributed by atoms with E-state index in [0.717, 1.165) is 66.7 Å². The zero-order chi connectivity index (χ0) is 24.2. The number of anilines is 2. The van der Waals surface area contributed by atoms with Gasteiger partial charge in [-0.05, 0) is 37.5 Å². The molecule has 0 saturated carbocycles. The van der Waals surface area contributed by atoms with Gasteiger partial charge in [0.15, 0.2) is 5.82 Å². The number of hydrogen-bond acceptors (Lipinski definition) is 8. The number of amides is 2. The number of nitrogens with two attached hydrogens (primary N) is 1. The molecule has 2 aliphatic rings. The summed E-state index contributed by atoms with van der Waals surface area (Å²) in [5, 5.41) is 4.37. The molecule has 9 nitrogen and oxygen atoms in total. The summed E-state index contributed by atoms with van der Waals surface area (Å²) < 4.78 is 0. The fraction of sp³-hybridized carbons (Fsp3) is 0.500. The Morgan fingerprint density at radius 3 is 2.68 bits per heavy atom. The molecule has 4 heterocycles. The number of thiazole rings is 1. The van der Waals surface area contributed by atoms with Gasteiger partial charge in [-0.3, -0.25) is 14.5 Å². The molecule has 2 aromatic heterocycles. The van der Waals surface area contributed by atoms with Crippen LogP contribution in [0.15, 0.2) is 24.9 Å². The molecule has 34 heavy (non-hydrogen) atoms. The smallest absolute Gasteiger partial charge is 0.246 e. The van der Waals surface area contributed by atoms with Crippen LogP contribution in [0.4, 0.5) is 11.5 Å². The highest BCUT2D eigenvalue weighted by atomic mass is 32.1. The van der Waals surface area contributed by atoms with E-state index in [1.807, 2.05) is 29.0 Å². The number of piperidine rings is 1. The molecule has 4 rings (SSSR count). The topological polar surface area (TPSA) is 108 Å². The highest BCUT2D eigenvalue weighted by Crippen LogP contribution is 2.32. The number of nitrogens with zero attached hydrogens (tertiary/aromatic N) is 5. The molecule has 0 unspecified atom stereocenters. The highest BCUT2D eigenvalue weighted by Gasteiger charge is 2.25. The first-order valence-corrected chi connectivity index (χ1v) is 12.5. The summed E-state index contributed by atoms with van der Waals surface area (Å²) >= 11 is 1.60. The zero-order valence-corrected chi connectivity index (χ0v) is 20.7. The monoisotopic (exact) mass is 483 g/mol. The molecule has 0 aromatic carbocycles. The van der Waals surface area contributed by atoms with E-state index in [0.29, 0.717) is 24.6 Å². The van der Waals surface area contributed by atoms with E-state index in [2.05, 4.69) is 21.8 Å². The van der Waals surface area contributed by atoms with E-state index < -0.39 is 0 Å². The van der Waals surface area contributed by atoms with Crippen molar-refractivity contribution in [3.05, 3.63) is 35.4 Å². The quantitative estimate of drug-likeness (QED) is 0.607. The second-order valence-electron chi connectivity index (χ2n) is 8.96. The minimum absolute atomic E-state index is 0.0511. The number of hydrogen-bond donors (Lipinski definition) is 2. The molecule has 2 saturated heterocycles. The van der Waals surface area contributed by atoms with Crippen LogP contribution in [0, 0.1) is 6.92 Å². The van der Waals surface area contributed by atoms with Gasteiger partial charge in [0, 0.05) is 69.9 Å². The van der Waals surface area contributed by atoms with Gasteiger partial charge in [0.1, 0.15) is 10.7 Å². The number of aryl methyl sites for hydroxylation is 1. The molecular weight excluding hydrogens is 450 g/mol. The molecule has 0 bridgehead atoms. The second-order valence-corrected chi connectivity index (χ2v) is 10.2. The van der Waals surface area contributed by atoms with E-state index in [1.54, 1.807) is 18.3 Å². The van der Waals surface area contributed by atoms with Crippen molar-refractivity contribution in [2.45, 2.75) is 39.3 Å². The van der Waals surface area contributed by atoms with E-state index in [-0.39, 0.29) is 17.9 Å². The Morgan fingerprint density at radius 1 is 1.26 bits per heavy atom. The van der Waals surface area contributed by atoms with Crippen LogP contribution in [-0.2, 0) is 16.1 Å². The fourth-order valence-corrected chi connectivity index (χ4v) is 5.24. The van der Waals surface area contributed by atoms with Gasteiger partial charge < -0.3 is 20.9 Å². The van der Waals surface area contributed by atoms with Crippen molar-refractivity contribution in [1.29, 1.82) is 0 Å². The van der Waals surface area contributed by atoms with E-state index in [9.17, 15) is 9.59 Å². The maximum Gasteiger partial charge on any atom is 0.246 e. The van der Waals surface area contributed by atoms with Crippen LogP contribution < -0.4 is 11.1 Å². The van der Waals surface area contributed by atoms with Crippen molar-refractivity contribution in [2.75, 3.05) is 50.3 Å². The molecule has 2 aliphatic heterocycles. The summed E-state index contributed by atoms with van der Waals surface area (Å²) in [4.78, 5) is 40.3. The lowest BCUT2D eigenvalue weighted by Gasteiger charge is -2.35. The first kappa shape index (κ1) is 24.2. The summed E-state index contributed by atoms with van der Waals surface area (Å²) in [6.45, 7) is 12.3. The molecule has 182 valence electrons. The lowest BCUT2D eigenvalue weighted by Crippen LogP contribution is -2.47. The summed E-state index contributed by atoms with van der Waals surface area (Å²) in [7, 11) is 0. The Balaban J connectivity index is 1.57. The number of aromatic nitrogens is 2. The third-order valence-electron chi connectivity index (χ3n) is 6.44. The molecule has 0 aliphatic carbocycles. The van der Waals surface area contributed by atoms with Crippen molar-refractivity contribution in [2.24, 2.45) is 0 Å². The Morgan fingerprint density at radius 2 is 2.03 bits per heavy atom. The lowest BCUT2D eigenvalue weighted by molar-refractivity contribution is -0.130. The van der Waals surface area contributed by atoms with Crippen molar-refractivity contribution in [3.8, 4) is 10.7 Å². The van der Waals surface area contributed by atoms with E-state index in [1.165, 1.54) is 6.08 Å². The fourth-order valence-electron chi connectivity index (χ4n) is 4.51. The van der Waals surface area contributed by atoms with Gasteiger partial charge in [-0.15, -0.1) is 11.3 Å². The van der Waals surface area contributed by atoms with Crippen molar-refractivity contribution in [3.63, 3.8) is 0 Å². The maximum atomic E-state index is 12.1. The number of carbonyl (C=O) groups is 2. The maximum absolute atomic E-state index is 12.1. The number of carbonyl (C=O) groups excluding carboxylic acids is 2. The lowest BCUT2D eigenvalue weighted by atomic mass is 10.0. The zero-order valence-electron chi connectivity index (χ0n) is 19.9.